The lowest BCUT2D eigenvalue weighted by Gasteiger charge is -2.10. The maximum Gasteiger partial charge on any atom is 0.265 e. The molecule has 18 heavy (non-hydrogen) atoms. The number of nitrogens with two attached hydrogens (primary N) is 1. The van der Waals surface area contributed by atoms with Crippen LogP contribution in [-0.2, 0) is 6.54 Å². The zero-order valence-corrected chi connectivity index (χ0v) is 13.9. The zero-order chi connectivity index (χ0) is 13.3. The molecule has 3 nitrogen and oxygen atoms in total. The zero-order valence-electron chi connectivity index (χ0n) is 9.16. The highest BCUT2D eigenvalue weighted by Gasteiger charge is 2.07. The minimum atomic E-state index is -0.0764. The molecular formula is C12H9Br3N2O. The summed E-state index contributed by atoms with van der Waals surface area (Å²) in [6, 6.07) is 7.34. The van der Waals surface area contributed by atoms with Crippen molar-refractivity contribution in [3.63, 3.8) is 0 Å². The van der Waals surface area contributed by atoms with E-state index in [0.717, 1.165) is 14.5 Å². The summed E-state index contributed by atoms with van der Waals surface area (Å²) < 4.78 is 3.81. The molecule has 2 aromatic rings. The van der Waals surface area contributed by atoms with Gasteiger partial charge in [0.25, 0.3) is 5.56 Å². The smallest absolute Gasteiger partial charge is 0.265 e. The van der Waals surface area contributed by atoms with Crippen LogP contribution < -0.4 is 11.3 Å². The number of rotatable bonds is 2. The number of halogens is 3. The van der Waals surface area contributed by atoms with Gasteiger partial charge in [-0.3, -0.25) is 4.79 Å². The van der Waals surface area contributed by atoms with E-state index in [9.17, 15) is 4.79 Å². The molecule has 2 rings (SSSR count). The van der Waals surface area contributed by atoms with Gasteiger partial charge in [-0.05, 0) is 65.5 Å². The highest BCUT2D eigenvalue weighted by Crippen LogP contribution is 2.24. The van der Waals surface area contributed by atoms with Gasteiger partial charge in [0.2, 0.25) is 0 Å². The Morgan fingerprint density at radius 2 is 1.94 bits per heavy atom. The second-order valence-electron chi connectivity index (χ2n) is 3.76. The first-order valence-electron chi connectivity index (χ1n) is 5.07. The third kappa shape index (κ3) is 2.87. The van der Waals surface area contributed by atoms with Crippen molar-refractivity contribution in [3.05, 3.63) is 59.8 Å². The first-order chi connectivity index (χ1) is 8.49. The van der Waals surface area contributed by atoms with E-state index < -0.39 is 0 Å². The van der Waals surface area contributed by atoms with Crippen molar-refractivity contribution < 1.29 is 0 Å². The van der Waals surface area contributed by atoms with Crippen LogP contribution in [0.5, 0.6) is 0 Å². The minimum absolute atomic E-state index is 0.0764. The molecule has 0 radical (unpaired) electrons. The maximum absolute atomic E-state index is 12.0. The molecule has 0 atom stereocenters. The summed E-state index contributed by atoms with van der Waals surface area (Å²) in [5, 5.41) is 0. The van der Waals surface area contributed by atoms with Crippen LogP contribution in [0.2, 0.25) is 0 Å². The highest BCUT2D eigenvalue weighted by atomic mass is 79.9. The number of nitrogen functional groups attached to an aromatic ring is 1. The minimum Gasteiger partial charge on any atom is -0.398 e. The molecule has 0 aliphatic heterocycles. The van der Waals surface area contributed by atoms with Gasteiger partial charge in [-0.25, -0.2) is 0 Å². The van der Waals surface area contributed by atoms with Gasteiger partial charge in [0.05, 0.1) is 11.0 Å². The van der Waals surface area contributed by atoms with Crippen molar-refractivity contribution in [1.29, 1.82) is 0 Å². The Labute approximate surface area is 129 Å². The topological polar surface area (TPSA) is 48.0 Å². The van der Waals surface area contributed by atoms with Gasteiger partial charge in [0.1, 0.15) is 0 Å². The van der Waals surface area contributed by atoms with Gasteiger partial charge in [-0.15, -0.1) is 0 Å². The number of pyridine rings is 1. The molecule has 0 bridgehead atoms. The summed E-state index contributed by atoms with van der Waals surface area (Å²) in [5.74, 6) is 0. The highest BCUT2D eigenvalue weighted by molar-refractivity contribution is 9.11. The predicted molar refractivity (Wildman–Crippen MR) is 83.8 cm³/mol. The average Bonchev–Trinajstić information content (AvgIpc) is 2.31. The first-order valence-corrected chi connectivity index (χ1v) is 7.45. The van der Waals surface area contributed by atoms with Crippen LogP contribution in [0.25, 0.3) is 0 Å². The molecule has 0 saturated heterocycles. The molecule has 0 spiro atoms. The normalized spacial score (nSPS) is 10.6. The Hall–Kier alpha value is -0.590. The van der Waals surface area contributed by atoms with E-state index >= 15 is 0 Å². The quantitative estimate of drug-likeness (QED) is 0.728. The SMILES string of the molecule is Nc1cccc(Cn2cc(Br)cc(Br)c2=O)c1Br. The number of hydrogen-bond donors (Lipinski definition) is 1. The van der Waals surface area contributed by atoms with Gasteiger partial charge in [0.15, 0.2) is 0 Å². The van der Waals surface area contributed by atoms with Crippen LogP contribution in [0, 0.1) is 0 Å². The lowest BCUT2D eigenvalue weighted by atomic mass is 10.2. The van der Waals surface area contributed by atoms with Crippen LogP contribution in [0.15, 0.2) is 48.7 Å². The summed E-state index contributed by atoms with van der Waals surface area (Å²) in [5.41, 5.74) is 7.36. The molecule has 1 heterocycles. The van der Waals surface area contributed by atoms with Crippen molar-refractivity contribution in [1.82, 2.24) is 4.57 Å². The van der Waals surface area contributed by atoms with E-state index in [0.29, 0.717) is 16.7 Å². The van der Waals surface area contributed by atoms with E-state index in [2.05, 4.69) is 47.8 Å². The summed E-state index contributed by atoms with van der Waals surface area (Å²) in [6.45, 7) is 0.461. The molecule has 0 unspecified atom stereocenters. The average molecular weight is 437 g/mol. The molecular weight excluding hydrogens is 428 g/mol. The Kier molecular flexibility index (Phi) is 4.29. The molecule has 1 aromatic heterocycles. The third-order valence-electron chi connectivity index (χ3n) is 2.46. The maximum atomic E-state index is 12.0. The number of hydrogen-bond acceptors (Lipinski definition) is 2. The third-order valence-corrected chi connectivity index (χ3v) is 4.43. The van der Waals surface area contributed by atoms with Crippen LogP contribution in [-0.4, -0.2) is 4.57 Å². The van der Waals surface area contributed by atoms with E-state index in [1.54, 1.807) is 16.8 Å². The van der Waals surface area contributed by atoms with E-state index in [4.69, 9.17) is 5.73 Å². The van der Waals surface area contributed by atoms with Crippen LogP contribution in [0.4, 0.5) is 5.69 Å². The monoisotopic (exact) mass is 434 g/mol. The van der Waals surface area contributed by atoms with Crippen molar-refractivity contribution in [3.8, 4) is 0 Å². The molecule has 2 N–H and O–H groups in total. The predicted octanol–water partition coefficient (Wildman–Crippen LogP) is 3.77. The molecule has 94 valence electrons. The van der Waals surface area contributed by atoms with E-state index in [1.165, 1.54) is 0 Å². The molecule has 0 aliphatic rings. The van der Waals surface area contributed by atoms with Gasteiger partial charge in [-0.1, -0.05) is 12.1 Å². The van der Waals surface area contributed by atoms with Crippen LogP contribution in [0.1, 0.15) is 5.56 Å². The number of aromatic nitrogens is 1. The summed E-state index contributed by atoms with van der Waals surface area (Å²) in [7, 11) is 0. The van der Waals surface area contributed by atoms with Gasteiger partial charge < -0.3 is 10.3 Å². The van der Waals surface area contributed by atoms with Crippen molar-refractivity contribution in [2.24, 2.45) is 0 Å². The molecule has 0 aliphatic carbocycles. The van der Waals surface area contributed by atoms with E-state index in [-0.39, 0.29) is 5.56 Å². The first kappa shape index (κ1) is 13.8. The van der Waals surface area contributed by atoms with E-state index in [1.807, 2.05) is 18.2 Å². The van der Waals surface area contributed by atoms with Crippen LogP contribution in [0.3, 0.4) is 0 Å². The summed E-state index contributed by atoms with van der Waals surface area (Å²) in [6.07, 6.45) is 1.75. The molecule has 6 heteroatoms. The van der Waals surface area contributed by atoms with Crippen molar-refractivity contribution >= 4 is 53.5 Å². The lowest BCUT2D eigenvalue weighted by Crippen LogP contribution is -2.21. The number of anilines is 1. The van der Waals surface area contributed by atoms with Gasteiger partial charge in [0, 0.05) is 20.8 Å². The fraction of sp³-hybridized carbons (Fsp3) is 0.0833. The van der Waals surface area contributed by atoms with Crippen LogP contribution >= 0.6 is 47.8 Å². The Bertz CT molecular complexity index is 652. The lowest BCUT2D eigenvalue weighted by molar-refractivity contribution is 0.749. The summed E-state index contributed by atoms with van der Waals surface area (Å²) in [4.78, 5) is 12.0. The number of benzene rings is 1. The fourth-order valence-electron chi connectivity index (χ4n) is 1.59. The molecule has 0 saturated carbocycles. The molecule has 0 amide bonds. The summed E-state index contributed by atoms with van der Waals surface area (Å²) >= 11 is 10.0. The number of nitrogens with zero attached hydrogens (tertiary/aromatic N) is 1. The van der Waals surface area contributed by atoms with Gasteiger partial charge in [-0.2, -0.15) is 0 Å². The Balaban J connectivity index is 2.46. The van der Waals surface area contributed by atoms with Gasteiger partial charge >= 0.3 is 0 Å². The Morgan fingerprint density at radius 3 is 2.67 bits per heavy atom. The second-order valence-corrected chi connectivity index (χ2v) is 6.32. The van der Waals surface area contributed by atoms with Crippen molar-refractivity contribution in [2.45, 2.75) is 6.54 Å². The fourth-order valence-corrected chi connectivity index (χ4v) is 3.23. The Morgan fingerprint density at radius 1 is 1.22 bits per heavy atom. The standard InChI is InChI=1S/C12H9Br3N2O/c13-8-4-9(14)12(18)17(6-8)5-7-2-1-3-10(16)11(7)15/h1-4,6H,5,16H2. The molecule has 1 aromatic carbocycles. The largest absolute Gasteiger partial charge is 0.398 e. The molecule has 0 fully saturated rings. The van der Waals surface area contributed by atoms with Crippen molar-refractivity contribution in [2.75, 3.05) is 5.73 Å². The second kappa shape index (κ2) is 5.59.